The molecular formula is C49H99O10Si4-. The molecule has 0 heterocycles. The van der Waals surface area contributed by atoms with Crippen molar-refractivity contribution in [3.63, 3.8) is 0 Å². The summed E-state index contributed by atoms with van der Waals surface area (Å²) in [5.41, 5.74) is 1.68. The monoisotopic (exact) mass is 960 g/mol. The van der Waals surface area contributed by atoms with Gasteiger partial charge < -0.3 is 32.5 Å². The van der Waals surface area contributed by atoms with Gasteiger partial charge in [-0.2, -0.15) is 0 Å². The summed E-state index contributed by atoms with van der Waals surface area (Å²) in [7, 11) is -6.16. The molecule has 0 spiro atoms. The molecule has 0 saturated heterocycles. The van der Waals surface area contributed by atoms with Gasteiger partial charge in [0.25, 0.3) is 0 Å². The summed E-state index contributed by atoms with van der Waals surface area (Å²) in [6.07, 6.45) is 6.55. The summed E-state index contributed by atoms with van der Waals surface area (Å²) in [4.78, 5) is 24.2. The Kier molecular flexibility index (Phi) is 36.4. The number of ether oxygens (including phenoxy) is 6. The van der Waals surface area contributed by atoms with Crippen LogP contribution in [0, 0.1) is 0 Å². The number of carbonyl (C=O) groups is 2. The van der Waals surface area contributed by atoms with Gasteiger partial charge in [0.15, 0.2) is 16.6 Å². The Labute approximate surface area is 392 Å². The van der Waals surface area contributed by atoms with Crippen molar-refractivity contribution in [1.29, 1.82) is 0 Å². The van der Waals surface area contributed by atoms with Crippen LogP contribution < -0.4 is 9.47 Å². The molecule has 0 bridgehead atoms. The third kappa shape index (κ3) is 32.1. The van der Waals surface area contributed by atoms with Crippen LogP contribution in [0.2, 0.25) is 77.1 Å². The molecule has 0 unspecified atom stereocenters. The maximum atomic E-state index is 12.2. The zero-order valence-electron chi connectivity index (χ0n) is 39.6. The molecule has 2 aromatic rings. The molecule has 372 valence electrons. The second-order valence-corrected chi connectivity index (χ2v) is 37.6. The molecular weight excluding hydrogens is 861 g/mol. The van der Waals surface area contributed by atoms with Crippen molar-refractivity contribution in [3.05, 3.63) is 59.7 Å². The first-order valence-electron chi connectivity index (χ1n) is 22.2. The van der Waals surface area contributed by atoms with Gasteiger partial charge in [0.2, 0.25) is 0 Å². The summed E-state index contributed by atoms with van der Waals surface area (Å²) in [5.74, 6) is 0.791. The van der Waals surface area contributed by atoms with Crippen LogP contribution in [-0.2, 0) is 32.6 Å². The Morgan fingerprint density at radius 1 is 0.540 bits per heavy atom. The predicted molar refractivity (Wildman–Crippen MR) is 281 cm³/mol. The van der Waals surface area contributed by atoms with Gasteiger partial charge >= 0.3 is 91.6 Å². The van der Waals surface area contributed by atoms with Gasteiger partial charge in [-0.25, -0.2) is 9.59 Å². The third-order valence-corrected chi connectivity index (χ3v) is 24.5. The molecule has 0 atom stereocenters. The minimum atomic E-state index is -1.72. The van der Waals surface area contributed by atoms with Crippen molar-refractivity contribution in [1.82, 2.24) is 0 Å². The fourth-order valence-corrected chi connectivity index (χ4v) is 25.4. The van der Waals surface area contributed by atoms with Gasteiger partial charge in [0, 0.05) is 18.6 Å². The molecule has 0 radical (unpaired) electrons. The molecule has 0 saturated carbocycles. The molecule has 0 aliphatic rings. The summed E-state index contributed by atoms with van der Waals surface area (Å²) >= 11 is 0. The van der Waals surface area contributed by atoms with Crippen molar-refractivity contribution >= 4 is 45.6 Å². The standard InChI is InChI=1S/C36H58O9Si2.C9H25OSi2.4CH4/c1-9-11-22-39-24-26-41-34(37)43-32-18-14-30(15-19-32)36(3,4)31-16-20-33(21-17-31)44-35(38)42-27-25-40-23-13-29-47(7,8)45-46(5,6)28-12-10-2;1-7-8-9-12(5,6)10-11(2,3)4;;;;/h14-21H,9-13,22-29H2,1-8H3;12H,7-9H2,1-6H3;4*1H4/q;-1;;;;. The van der Waals surface area contributed by atoms with Crippen LogP contribution in [0.4, 0.5) is 9.59 Å². The van der Waals surface area contributed by atoms with E-state index in [0.29, 0.717) is 37.9 Å². The van der Waals surface area contributed by atoms with Crippen molar-refractivity contribution in [2.24, 2.45) is 0 Å². The average molecular weight is 961 g/mol. The molecule has 14 heteroatoms. The molecule has 0 N–H and O–H groups in total. The molecule has 0 aromatic heterocycles. The van der Waals surface area contributed by atoms with Gasteiger partial charge in [-0.05, 0) is 86.5 Å². The van der Waals surface area contributed by atoms with Crippen LogP contribution in [-0.4, -0.2) is 85.2 Å². The number of hydrogen-bond acceptors (Lipinski definition) is 10. The molecule has 2 rings (SSSR count). The maximum absolute atomic E-state index is 12.2. The van der Waals surface area contributed by atoms with E-state index >= 15 is 0 Å². The molecule has 0 fully saturated rings. The Morgan fingerprint density at radius 3 is 1.30 bits per heavy atom. The molecule has 0 aliphatic carbocycles. The third-order valence-electron chi connectivity index (χ3n) is 9.77. The fourth-order valence-electron chi connectivity index (χ4n) is 6.88. The van der Waals surface area contributed by atoms with Crippen LogP contribution in [0.3, 0.4) is 0 Å². The average Bonchev–Trinajstić information content (AvgIpc) is 3.13. The number of carbonyl (C=O) groups excluding carboxylic acids is 2. The van der Waals surface area contributed by atoms with E-state index in [4.69, 9.17) is 36.7 Å². The number of rotatable bonds is 27. The van der Waals surface area contributed by atoms with E-state index in [9.17, 15) is 9.59 Å². The van der Waals surface area contributed by atoms with E-state index in [0.717, 1.165) is 36.4 Å². The normalized spacial score (nSPS) is 11.8. The molecule has 2 aromatic carbocycles. The van der Waals surface area contributed by atoms with Crippen LogP contribution in [0.15, 0.2) is 48.5 Å². The first-order valence-corrected chi connectivity index (χ1v) is 35.5. The molecule has 0 amide bonds. The topological polar surface area (TPSA) is 108 Å². The first kappa shape index (κ1) is 67.3. The van der Waals surface area contributed by atoms with E-state index in [1.54, 1.807) is 24.3 Å². The summed E-state index contributed by atoms with van der Waals surface area (Å²) in [6, 6.07) is 18.2. The summed E-state index contributed by atoms with van der Waals surface area (Å²) in [6.45, 7) is 33.8. The van der Waals surface area contributed by atoms with Crippen molar-refractivity contribution in [3.8, 4) is 11.5 Å². The summed E-state index contributed by atoms with van der Waals surface area (Å²) in [5, 5.41) is 0. The van der Waals surface area contributed by atoms with E-state index in [-0.39, 0.29) is 48.3 Å². The van der Waals surface area contributed by atoms with Gasteiger partial charge in [-0.3, -0.25) is 0 Å². The first-order chi connectivity index (χ1) is 27.5. The van der Waals surface area contributed by atoms with Gasteiger partial charge in [-0.1, -0.05) is 101 Å². The number of unbranched alkanes of at least 4 members (excludes halogenated alkanes) is 3. The van der Waals surface area contributed by atoms with E-state index in [1.165, 1.54) is 37.8 Å². The van der Waals surface area contributed by atoms with Gasteiger partial charge in [0.05, 0.1) is 13.2 Å². The van der Waals surface area contributed by atoms with E-state index < -0.39 is 45.6 Å². The van der Waals surface area contributed by atoms with Crippen molar-refractivity contribution < 1.29 is 46.2 Å². The fraction of sp³-hybridized carbons (Fsp3) is 0.714. The zero-order chi connectivity index (χ0) is 44.6. The molecule has 63 heavy (non-hydrogen) atoms. The Bertz CT molecular complexity index is 1440. The number of hydrogen-bond donors (Lipinski definition) is 0. The van der Waals surface area contributed by atoms with Crippen molar-refractivity contribution in [2.45, 2.75) is 192 Å². The minimum absolute atomic E-state index is 0. The van der Waals surface area contributed by atoms with E-state index in [1.807, 2.05) is 24.3 Å². The SMILES string of the molecule is C.C.C.C.CCCCOCCOC(=O)Oc1ccc(C(C)(C)c2ccc(OC(=O)OCCOCCC[Si](C)(C)O[Si](C)(C)CCCC)cc2)cc1.CCCC[SiH-](C)(C)O[Si](C)(C)C. The second-order valence-electron chi connectivity index (χ2n) is 18.9. The molecule has 0 aliphatic heterocycles. The quantitative estimate of drug-likeness (QED) is 0.0372. The van der Waals surface area contributed by atoms with E-state index in [2.05, 4.69) is 93.5 Å². The predicted octanol–water partition coefficient (Wildman–Crippen LogP) is 15.6. The van der Waals surface area contributed by atoms with Gasteiger partial charge in [0.1, 0.15) is 24.7 Å². The Hall–Kier alpha value is -2.31. The van der Waals surface area contributed by atoms with Crippen LogP contribution in [0.25, 0.3) is 0 Å². The van der Waals surface area contributed by atoms with Crippen LogP contribution in [0.5, 0.6) is 11.5 Å². The van der Waals surface area contributed by atoms with Gasteiger partial charge in [-0.15, -0.1) is 0 Å². The Balaban J connectivity index is -0.000000949. The molecule has 10 nitrogen and oxygen atoms in total. The summed E-state index contributed by atoms with van der Waals surface area (Å²) < 4.78 is 44.8. The number of benzene rings is 2. The van der Waals surface area contributed by atoms with Crippen LogP contribution in [0.1, 0.15) is 120 Å². The van der Waals surface area contributed by atoms with Crippen LogP contribution >= 0.6 is 0 Å². The second kappa shape index (κ2) is 34.1. The zero-order valence-corrected chi connectivity index (χ0v) is 43.7. The van der Waals surface area contributed by atoms with Crippen molar-refractivity contribution in [2.75, 3.05) is 39.6 Å². The Morgan fingerprint density at radius 2 is 0.921 bits per heavy atom.